The maximum Gasteiger partial charge on any atom is 0.253 e. The minimum atomic E-state index is -0.852. The first-order valence-electron chi connectivity index (χ1n) is 1.91. The Morgan fingerprint density at radius 1 is 2.00 bits per heavy atom. The Kier molecular flexibility index (Phi) is 2.72. The van der Waals surface area contributed by atoms with Crippen molar-refractivity contribution in [3.63, 3.8) is 0 Å². The van der Waals surface area contributed by atoms with Gasteiger partial charge in [0.25, 0.3) is 5.96 Å². The summed E-state index contributed by atoms with van der Waals surface area (Å²) >= 11 is 5.02. The number of halogens is 1. The van der Waals surface area contributed by atoms with Crippen LogP contribution >= 0.6 is 11.6 Å². The SMILES string of the molecule is N=C(N)N(CCl)[N+](=O)[O-]. The summed E-state index contributed by atoms with van der Waals surface area (Å²) in [7, 11) is 0. The molecule has 52 valence electrons. The zero-order valence-electron chi connectivity index (χ0n) is 4.37. The number of nitrogens with one attached hydrogen (secondary N) is 1. The quantitative estimate of drug-likeness (QED) is 0.140. The average molecular weight is 153 g/mol. The van der Waals surface area contributed by atoms with Crippen LogP contribution in [0.4, 0.5) is 0 Å². The van der Waals surface area contributed by atoms with Gasteiger partial charge in [0.05, 0.1) is 0 Å². The lowest BCUT2D eigenvalue weighted by Gasteiger charge is -2.05. The molecule has 0 atom stereocenters. The van der Waals surface area contributed by atoms with Gasteiger partial charge in [0.2, 0.25) is 0 Å². The van der Waals surface area contributed by atoms with E-state index in [1.807, 2.05) is 0 Å². The molecule has 0 radical (unpaired) electrons. The molecular weight excluding hydrogens is 148 g/mol. The molecule has 0 aromatic heterocycles. The lowest BCUT2D eigenvalue weighted by atomic mass is 10.9. The maximum absolute atomic E-state index is 9.80. The first-order chi connectivity index (χ1) is 4.09. The summed E-state index contributed by atoms with van der Waals surface area (Å²) in [5.74, 6) is -0.671. The fraction of sp³-hybridized carbons (Fsp3) is 0.500. The highest BCUT2D eigenvalue weighted by Gasteiger charge is 2.14. The topological polar surface area (TPSA) is 96.2 Å². The van der Waals surface area contributed by atoms with Crippen molar-refractivity contribution in [3.8, 4) is 0 Å². The number of nitrogens with two attached hydrogens (primary N) is 1. The van der Waals surface area contributed by atoms with Crippen LogP contribution in [-0.4, -0.2) is 22.0 Å². The smallest absolute Gasteiger partial charge is 0.253 e. The molecule has 6 nitrogen and oxygen atoms in total. The van der Waals surface area contributed by atoms with Crippen molar-refractivity contribution in [2.75, 3.05) is 6.00 Å². The molecule has 0 saturated heterocycles. The molecule has 0 fully saturated rings. The molecule has 0 amide bonds. The van der Waals surface area contributed by atoms with Crippen molar-refractivity contribution < 1.29 is 5.03 Å². The first-order valence-corrected chi connectivity index (χ1v) is 2.45. The van der Waals surface area contributed by atoms with Crippen LogP contribution < -0.4 is 5.73 Å². The second-order valence-corrected chi connectivity index (χ2v) is 1.38. The normalized spacial score (nSPS) is 8.56. The monoisotopic (exact) mass is 152 g/mol. The van der Waals surface area contributed by atoms with E-state index in [0.29, 0.717) is 5.01 Å². The summed E-state index contributed by atoms with van der Waals surface area (Å²) in [6.45, 7) is 0. The zero-order chi connectivity index (χ0) is 7.44. The van der Waals surface area contributed by atoms with Gasteiger partial charge >= 0.3 is 0 Å². The van der Waals surface area contributed by atoms with Gasteiger partial charge in [-0.25, -0.2) is 10.1 Å². The van der Waals surface area contributed by atoms with Crippen molar-refractivity contribution in [1.29, 1.82) is 5.41 Å². The molecular formula is C2H5ClN4O2. The molecule has 9 heavy (non-hydrogen) atoms. The van der Waals surface area contributed by atoms with Crippen LogP contribution in [0.2, 0.25) is 0 Å². The number of hydrazine groups is 1. The minimum absolute atomic E-state index is 0.307. The van der Waals surface area contributed by atoms with Gasteiger partial charge in [-0.2, -0.15) is 0 Å². The molecule has 0 saturated carbocycles. The van der Waals surface area contributed by atoms with E-state index in [-0.39, 0.29) is 0 Å². The molecule has 0 heterocycles. The number of alkyl halides is 1. The Morgan fingerprint density at radius 3 is 2.44 bits per heavy atom. The van der Waals surface area contributed by atoms with E-state index in [1.165, 1.54) is 0 Å². The predicted molar refractivity (Wildman–Crippen MR) is 31.5 cm³/mol. The standard InChI is InChI=1S/C2H5ClN4O2/c3-1-6(2(4)5)7(8)9/h1H2,(H3,4,5). The highest BCUT2D eigenvalue weighted by molar-refractivity contribution is 6.18. The number of nitro groups is 1. The van der Waals surface area contributed by atoms with Crippen LogP contribution in [0.5, 0.6) is 0 Å². The molecule has 0 bridgehead atoms. The molecule has 0 aromatic rings. The van der Waals surface area contributed by atoms with Crippen molar-refractivity contribution in [1.82, 2.24) is 5.01 Å². The minimum Gasteiger partial charge on any atom is -0.365 e. The number of guanidine groups is 1. The summed E-state index contributed by atoms with van der Waals surface area (Å²) < 4.78 is 0. The van der Waals surface area contributed by atoms with Gasteiger partial charge in [-0.15, -0.1) is 0 Å². The first kappa shape index (κ1) is 7.96. The maximum atomic E-state index is 9.80. The highest BCUT2D eigenvalue weighted by Crippen LogP contribution is 1.87. The second kappa shape index (κ2) is 3.08. The summed E-state index contributed by atoms with van der Waals surface area (Å²) in [6.07, 6.45) is 0. The van der Waals surface area contributed by atoms with E-state index in [4.69, 9.17) is 22.7 Å². The molecule has 0 spiro atoms. The van der Waals surface area contributed by atoms with E-state index >= 15 is 0 Å². The van der Waals surface area contributed by atoms with Gasteiger partial charge in [-0.3, -0.25) is 5.41 Å². The van der Waals surface area contributed by atoms with Crippen molar-refractivity contribution >= 4 is 17.6 Å². The van der Waals surface area contributed by atoms with Crippen LogP contribution in [0.3, 0.4) is 0 Å². The third-order valence-corrected chi connectivity index (χ3v) is 0.815. The molecule has 3 N–H and O–H groups in total. The fourth-order valence-electron chi connectivity index (χ4n) is 0.196. The predicted octanol–water partition coefficient (Wildman–Crippen LogP) is -0.430. The van der Waals surface area contributed by atoms with E-state index in [1.54, 1.807) is 0 Å². The molecule has 0 aromatic carbocycles. The zero-order valence-corrected chi connectivity index (χ0v) is 5.13. The third kappa shape index (κ3) is 2.13. The fourth-order valence-corrected chi connectivity index (χ4v) is 0.412. The van der Waals surface area contributed by atoms with Crippen molar-refractivity contribution in [2.45, 2.75) is 0 Å². The lowest BCUT2D eigenvalue weighted by molar-refractivity contribution is -0.625. The van der Waals surface area contributed by atoms with Crippen LogP contribution in [0, 0.1) is 15.5 Å². The van der Waals surface area contributed by atoms with E-state index < -0.39 is 17.0 Å². The molecule has 0 aliphatic carbocycles. The van der Waals surface area contributed by atoms with Gasteiger partial charge in [0, 0.05) is 0 Å². The highest BCUT2D eigenvalue weighted by atomic mass is 35.5. The molecule has 0 unspecified atom stereocenters. The van der Waals surface area contributed by atoms with Crippen LogP contribution in [0.1, 0.15) is 0 Å². The van der Waals surface area contributed by atoms with Crippen LogP contribution in [0.25, 0.3) is 0 Å². The van der Waals surface area contributed by atoms with Crippen LogP contribution in [-0.2, 0) is 0 Å². The Labute approximate surface area is 55.8 Å². The molecule has 7 heteroatoms. The largest absolute Gasteiger partial charge is 0.365 e. The van der Waals surface area contributed by atoms with Crippen molar-refractivity contribution in [3.05, 3.63) is 10.1 Å². The Bertz CT molecular complexity index is 123. The third-order valence-electron chi connectivity index (χ3n) is 0.588. The molecule has 0 aliphatic rings. The van der Waals surface area contributed by atoms with E-state index in [2.05, 4.69) is 0 Å². The van der Waals surface area contributed by atoms with Gasteiger partial charge in [-0.1, -0.05) is 11.6 Å². The number of hydrogen-bond acceptors (Lipinski definition) is 3. The number of hydrogen-bond donors (Lipinski definition) is 2. The molecule has 0 rings (SSSR count). The Hall–Kier alpha value is -1.04. The lowest BCUT2D eigenvalue weighted by Crippen LogP contribution is -2.39. The Balaban J connectivity index is 3.99. The van der Waals surface area contributed by atoms with E-state index in [9.17, 15) is 10.1 Å². The second-order valence-electron chi connectivity index (χ2n) is 1.14. The summed E-state index contributed by atoms with van der Waals surface area (Å²) in [5, 5.41) is 15.8. The summed E-state index contributed by atoms with van der Waals surface area (Å²) in [5.41, 5.74) is 4.73. The van der Waals surface area contributed by atoms with Crippen LogP contribution in [0.15, 0.2) is 0 Å². The summed E-state index contributed by atoms with van der Waals surface area (Å²) in [4.78, 5) is 9.80. The average Bonchev–Trinajstić information content (AvgIpc) is 1.64. The number of nitrogens with zero attached hydrogens (tertiary/aromatic N) is 2. The van der Waals surface area contributed by atoms with Gasteiger partial charge < -0.3 is 5.73 Å². The number of rotatable bonds is 2. The molecule has 0 aliphatic heterocycles. The summed E-state index contributed by atoms with van der Waals surface area (Å²) in [6, 6.07) is -0.414. The van der Waals surface area contributed by atoms with Gasteiger partial charge in [0.1, 0.15) is 0 Å². The van der Waals surface area contributed by atoms with Gasteiger partial charge in [0.15, 0.2) is 11.0 Å². The Morgan fingerprint density at radius 2 is 2.44 bits per heavy atom. The van der Waals surface area contributed by atoms with Gasteiger partial charge in [-0.05, 0) is 5.01 Å². The van der Waals surface area contributed by atoms with E-state index in [0.717, 1.165) is 0 Å². The van der Waals surface area contributed by atoms with Crippen molar-refractivity contribution in [2.24, 2.45) is 5.73 Å².